The number of hydrogen-bond donors (Lipinski definition) is 0. The van der Waals surface area contributed by atoms with Crippen LogP contribution in [0.3, 0.4) is 0 Å². The van der Waals surface area contributed by atoms with Gasteiger partial charge in [-0.05, 0) is 54.6 Å². The van der Waals surface area contributed by atoms with Gasteiger partial charge in [0.05, 0.1) is 6.61 Å². The Bertz CT molecular complexity index is 693. The summed E-state index contributed by atoms with van der Waals surface area (Å²) in [4.78, 5) is 13.7. The third-order valence-electron chi connectivity index (χ3n) is 3.78. The van der Waals surface area contributed by atoms with Gasteiger partial charge in [0, 0.05) is 15.9 Å². The zero-order chi connectivity index (χ0) is 16.2. The van der Waals surface area contributed by atoms with Gasteiger partial charge >= 0.3 is 5.97 Å². The van der Waals surface area contributed by atoms with Crippen LogP contribution in [0.5, 0.6) is 0 Å². The van der Waals surface area contributed by atoms with E-state index in [1.54, 1.807) is 11.9 Å². The fraction of sp³-hybridized carbons (Fsp3) is 0.278. The molecule has 120 valence electrons. The first kappa shape index (κ1) is 16.6. The minimum Gasteiger partial charge on any atom is -0.465 e. The predicted molar refractivity (Wildman–Crippen MR) is 96.2 cm³/mol. The van der Waals surface area contributed by atoms with Gasteiger partial charge in [0.1, 0.15) is 6.04 Å². The van der Waals surface area contributed by atoms with Crippen molar-refractivity contribution in [2.75, 3.05) is 13.2 Å². The molecule has 1 unspecified atom stereocenters. The van der Waals surface area contributed by atoms with Crippen molar-refractivity contribution in [2.24, 2.45) is 0 Å². The monoisotopic (exact) mass is 391 g/mol. The lowest BCUT2D eigenvalue weighted by molar-refractivity contribution is -0.148. The molecule has 0 bridgehead atoms. The van der Waals surface area contributed by atoms with E-state index >= 15 is 0 Å². The number of carbonyl (C=O) groups excluding carboxylic acids is 1. The van der Waals surface area contributed by atoms with Crippen molar-refractivity contribution in [1.82, 2.24) is 4.31 Å². The van der Waals surface area contributed by atoms with Crippen molar-refractivity contribution in [3.8, 4) is 0 Å². The molecule has 0 aliphatic carbocycles. The summed E-state index contributed by atoms with van der Waals surface area (Å²) < 4.78 is 8.44. The van der Waals surface area contributed by atoms with E-state index in [1.165, 1.54) is 5.56 Å². The Balaban J connectivity index is 1.96. The van der Waals surface area contributed by atoms with Crippen LogP contribution in [-0.4, -0.2) is 23.4 Å². The molecule has 1 atom stereocenters. The van der Waals surface area contributed by atoms with Crippen molar-refractivity contribution in [3.63, 3.8) is 0 Å². The molecule has 0 N–H and O–H groups in total. The normalized spacial score (nSPS) is 17.6. The average molecular weight is 392 g/mol. The van der Waals surface area contributed by atoms with E-state index in [4.69, 9.17) is 4.74 Å². The summed E-state index contributed by atoms with van der Waals surface area (Å²) in [7, 11) is 0. The molecule has 0 amide bonds. The molecule has 1 aliphatic rings. The predicted octanol–water partition coefficient (Wildman–Crippen LogP) is 4.62. The SMILES string of the molecule is CCOC(=O)C1c2c(Br)cccc2CCN1Sc1ccccc1. The number of ether oxygens (including phenoxy) is 1. The molecule has 3 rings (SSSR count). The molecular formula is C18H18BrNO2S. The smallest absolute Gasteiger partial charge is 0.328 e. The van der Waals surface area contributed by atoms with Crippen LogP contribution >= 0.6 is 27.9 Å². The molecule has 2 aromatic rings. The highest BCUT2D eigenvalue weighted by molar-refractivity contribution is 9.10. The van der Waals surface area contributed by atoms with Crippen molar-refractivity contribution < 1.29 is 9.53 Å². The lowest BCUT2D eigenvalue weighted by Crippen LogP contribution is -2.36. The second-order valence-electron chi connectivity index (χ2n) is 5.26. The Hall–Kier alpha value is -1.30. The van der Waals surface area contributed by atoms with Crippen molar-refractivity contribution in [3.05, 3.63) is 64.1 Å². The van der Waals surface area contributed by atoms with Gasteiger partial charge in [-0.25, -0.2) is 9.10 Å². The molecule has 1 heterocycles. The second-order valence-corrected chi connectivity index (χ2v) is 7.24. The fourth-order valence-corrected chi connectivity index (χ4v) is 4.43. The third kappa shape index (κ3) is 3.62. The van der Waals surface area contributed by atoms with Crippen LogP contribution in [0.2, 0.25) is 0 Å². The van der Waals surface area contributed by atoms with Crippen LogP contribution in [0, 0.1) is 0 Å². The van der Waals surface area contributed by atoms with Gasteiger partial charge in [0.15, 0.2) is 0 Å². The van der Waals surface area contributed by atoms with E-state index in [0.29, 0.717) is 6.61 Å². The summed E-state index contributed by atoms with van der Waals surface area (Å²) in [6.45, 7) is 3.04. The van der Waals surface area contributed by atoms with Gasteiger partial charge in [0.25, 0.3) is 0 Å². The van der Waals surface area contributed by atoms with E-state index in [9.17, 15) is 4.79 Å². The second kappa shape index (κ2) is 7.51. The molecule has 0 saturated carbocycles. The highest BCUT2D eigenvalue weighted by Crippen LogP contribution is 2.41. The number of rotatable bonds is 4. The third-order valence-corrected chi connectivity index (χ3v) is 5.58. The molecule has 2 aromatic carbocycles. The van der Waals surface area contributed by atoms with E-state index in [0.717, 1.165) is 27.9 Å². The van der Waals surface area contributed by atoms with Crippen molar-refractivity contribution in [1.29, 1.82) is 0 Å². The summed E-state index contributed by atoms with van der Waals surface area (Å²) >= 11 is 5.22. The number of benzene rings is 2. The first-order chi connectivity index (χ1) is 11.2. The van der Waals surface area contributed by atoms with Crippen LogP contribution < -0.4 is 0 Å². The zero-order valence-electron chi connectivity index (χ0n) is 12.9. The van der Waals surface area contributed by atoms with Gasteiger partial charge in [-0.3, -0.25) is 0 Å². The quantitative estimate of drug-likeness (QED) is 0.561. The van der Waals surface area contributed by atoms with Crippen LogP contribution in [-0.2, 0) is 16.0 Å². The van der Waals surface area contributed by atoms with Gasteiger partial charge in [0.2, 0.25) is 0 Å². The Kier molecular flexibility index (Phi) is 5.41. The molecule has 0 fully saturated rings. The number of carbonyl (C=O) groups is 1. The van der Waals surface area contributed by atoms with E-state index in [-0.39, 0.29) is 12.0 Å². The maximum atomic E-state index is 12.6. The molecule has 23 heavy (non-hydrogen) atoms. The maximum absolute atomic E-state index is 12.6. The standard InChI is InChI=1S/C18H18BrNO2S/c1-2-22-18(21)17-16-13(7-6-10-15(16)19)11-12-20(17)23-14-8-4-3-5-9-14/h3-10,17H,2,11-12H2,1H3. The summed E-state index contributed by atoms with van der Waals surface area (Å²) in [5.41, 5.74) is 2.24. The Labute approximate surface area is 149 Å². The van der Waals surface area contributed by atoms with Crippen LogP contribution in [0.15, 0.2) is 57.9 Å². The van der Waals surface area contributed by atoms with Gasteiger partial charge < -0.3 is 4.74 Å². The molecule has 5 heteroatoms. The van der Waals surface area contributed by atoms with Crippen LogP contribution in [0.4, 0.5) is 0 Å². The highest BCUT2D eigenvalue weighted by atomic mass is 79.9. The Morgan fingerprint density at radius 2 is 2.04 bits per heavy atom. The van der Waals surface area contributed by atoms with Crippen LogP contribution in [0.25, 0.3) is 0 Å². The lowest BCUT2D eigenvalue weighted by atomic mass is 9.94. The van der Waals surface area contributed by atoms with Gasteiger partial charge in [-0.15, -0.1) is 0 Å². The van der Waals surface area contributed by atoms with Gasteiger partial charge in [-0.1, -0.05) is 46.3 Å². The van der Waals surface area contributed by atoms with Crippen molar-refractivity contribution >= 4 is 33.8 Å². The largest absolute Gasteiger partial charge is 0.465 e. The minimum atomic E-state index is -0.389. The number of halogens is 1. The molecule has 1 aliphatic heterocycles. The summed E-state index contributed by atoms with van der Waals surface area (Å²) in [6.07, 6.45) is 0.921. The Morgan fingerprint density at radius 1 is 1.26 bits per heavy atom. The highest BCUT2D eigenvalue weighted by Gasteiger charge is 2.36. The van der Waals surface area contributed by atoms with Gasteiger partial charge in [-0.2, -0.15) is 0 Å². The molecule has 0 radical (unpaired) electrons. The summed E-state index contributed by atoms with van der Waals surface area (Å²) in [6, 6.07) is 15.8. The van der Waals surface area contributed by atoms with E-state index in [1.807, 2.05) is 37.3 Å². The maximum Gasteiger partial charge on any atom is 0.328 e. The molecule has 0 aromatic heterocycles. The van der Waals surface area contributed by atoms with E-state index < -0.39 is 0 Å². The number of hydrogen-bond acceptors (Lipinski definition) is 4. The average Bonchev–Trinajstić information content (AvgIpc) is 2.56. The number of nitrogens with zero attached hydrogens (tertiary/aromatic N) is 1. The first-order valence-corrected chi connectivity index (χ1v) is 9.21. The van der Waals surface area contributed by atoms with Crippen molar-refractivity contribution in [2.45, 2.75) is 24.3 Å². The first-order valence-electron chi connectivity index (χ1n) is 7.64. The lowest BCUT2D eigenvalue weighted by Gasteiger charge is -2.35. The van der Waals surface area contributed by atoms with Crippen LogP contribution in [0.1, 0.15) is 24.1 Å². The molecule has 3 nitrogen and oxygen atoms in total. The zero-order valence-corrected chi connectivity index (χ0v) is 15.3. The minimum absolute atomic E-state index is 0.191. The number of fused-ring (bicyclic) bond motifs is 1. The molecule has 0 spiro atoms. The Morgan fingerprint density at radius 3 is 2.78 bits per heavy atom. The van der Waals surface area contributed by atoms with E-state index in [2.05, 4.69) is 38.4 Å². The fourth-order valence-electron chi connectivity index (χ4n) is 2.78. The molecule has 0 saturated heterocycles. The molecular weight excluding hydrogens is 374 g/mol. The topological polar surface area (TPSA) is 29.5 Å². The summed E-state index contributed by atoms with van der Waals surface area (Å²) in [5.74, 6) is -0.191. The number of esters is 1. The summed E-state index contributed by atoms with van der Waals surface area (Å²) in [5, 5.41) is 0.